The second kappa shape index (κ2) is 4.97. The summed E-state index contributed by atoms with van der Waals surface area (Å²) in [6, 6.07) is 10.3. The van der Waals surface area contributed by atoms with Gasteiger partial charge in [0.05, 0.1) is 0 Å². The molecule has 0 fully saturated rings. The Kier molecular flexibility index (Phi) is 3.40. The van der Waals surface area contributed by atoms with E-state index < -0.39 is 5.97 Å². The Bertz CT molecular complexity index is 392. The quantitative estimate of drug-likeness (QED) is 0.841. The molecule has 0 spiro atoms. The Hall–Kier alpha value is -1.57. The van der Waals surface area contributed by atoms with E-state index in [1.165, 1.54) is 11.1 Å². The van der Waals surface area contributed by atoms with Crippen molar-refractivity contribution in [2.24, 2.45) is 5.92 Å². The average Bonchev–Trinajstić information content (AvgIpc) is 2.30. The summed E-state index contributed by atoms with van der Waals surface area (Å²) in [5.74, 6) is -0.355. The van der Waals surface area contributed by atoms with E-state index in [-0.39, 0.29) is 0 Å². The highest BCUT2D eigenvalue weighted by Crippen LogP contribution is 2.31. The van der Waals surface area contributed by atoms with Crippen LogP contribution in [-0.2, 0) is 4.79 Å². The molecule has 1 atom stereocenters. The normalized spacial score (nSPS) is 20.2. The Morgan fingerprint density at radius 2 is 2.06 bits per heavy atom. The van der Waals surface area contributed by atoms with Crippen molar-refractivity contribution in [2.45, 2.75) is 25.7 Å². The lowest BCUT2D eigenvalue weighted by Gasteiger charge is -2.20. The number of hydrogen-bond acceptors (Lipinski definition) is 1. The molecule has 0 aromatic heterocycles. The van der Waals surface area contributed by atoms with Gasteiger partial charge in [0.15, 0.2) is 0 Å². The standard InChI is InChI=1S/C14H16O2/c15-14(16)10-11-6-8-13(9-7-11)12-4-2-1-3-5-12/h1-5,8,11H,6-7,9-10H2,(H,15,16). The van der Waals surface area contributed by atoms with Crippen molar-refractivity contribution in [3.8, 4) is 0 Å². The van der Waals surface area contributed by atoms with Gasteiger partial charge in [-0.15, -0.1) is 0 Å². The third-order valence-corrected chi connectivity index (χ3v) is 3.13. The minimum Gasteiger partial charge on any atom is -0.481 e. The third kappa shape index (κ3) is 2.72. The van der Waals surface area contributed by atoms with Crippen LogP contribution in [0.4, 0.5) is 0 Å². The van der Waals surface area contributed by atoms with Crippen LogP contribution in [0.2, 0.25) is 0 Å². The Balaban J connectivity index is 2.01. The van der Waals surface area contributed by atoms with Crippen LogP contribution >= 0.6 is 0 Å². The molecule has 1 N–H and O–H groups in total. The van der Waals surface area contributed by atoms with E-state index in [9.17, 15) is 4.79 Å². The molecule has 0 saturated carbocycles. The predicted molar refractivity (Wildman–Crippen MR) is 64.0 cm³/mol. The molecule has 2 heteroatoms. The monoisotopic (exact) mass is 216 g/mol. The molecule has 0 radical (unpaired) electrons. The number of carboxylic acids is 1. The number of carboxylic acid groups (broad SMARTS) is 1. The van der Waals surface area contributed by atoms with Crippen molar-refractivity contribution in [3.05, 3.63) is 42.0 Å². The largest absolute Gasteiger partial charge is 0.481 e. The summed E-state index contributed by atoms with van der Waals surface area (Å²) in [5, 5.41) is 8.73. The summed E-state index contributed by atoms with van der Waals surface area (Å²) in [6.45, 7) is 0. The van der Waals surface area contributed by atoms with Crippen molar-refractivity contribution in [2.75, 3.05) is 0 Å². The van der Waals surface area contributed by atoms with E-state index in [0.717, 1.165) is 19.3 Å². The van der Waals surface area contributed by atoms with Gasteiger partial charge in [0.2, 0.25) is 0 Å². The maximum atomic E-state index is 10.6. The van der Waals surface area contributed by atoms with E-state index in [0.29, 0.717) is 12.3 Å². The molecule has 1 aromatic carbocycles. The van der Waals surface area contributed by atoms with E-state index in [1.54, 1.807) is 0 Å². The molecule has 1 aromatic rings. The summed E-state index contributed by atoms with van der Waals surface area (Å²) in [7, 11) is 0. The number of hydrogen-bond donors (Lipinski definition) is 1. The number of benzene rings is 1. The molecule has 1 aliphatic carbocycles. The molecule has 84 valence electrons. The fourth-order valence-corrected chi connectivity index (χ4v) is 2.24. The molecular weight excluding hydrogens is 200 g/mol. The van der Waals surface area contributed by atoms with E-state index in [1.807, 2.05) is 18.2 Å². The molecule has 0 amide bonds. The van der Waals surface area contributed by atoms with Crippen molar-refractivity contribution in [3.63, 3.8) is 0 Å². The summed E-state index contributed by atoms with van der Waals surface area (Å²) < 4.78 is 0. The Morgan fingerprint density at radius 3 is 2.62 bits per heavy atom. The molecule has 1 unspecified atom stereocenters. The van der Waals surface area contributed by atoms with Gasteiger partial charge in [-0.05, 0) is 36.3 Å². The Morgan fingerprint density at radius 1 is 1.31 bits per heavy atom. The van der Waals surface area contributed by atoms with Crippen LogP contribution in [0.3, 0.4) is 0 Å². The van der Waals surface area contributed by atoms with Gasteiger partial charge in [-0.2, -0.15) is 0 Å². The zero-order chi connectivity index (χ0) is 11.4. The van der Waals surface area contributed by atoms with Crippen LogP contribution in [-0.4, -0.2) is 11.1 Å². The van der Waals surface area contributed by atoms with Crippen LogP contribution in [0, 0.1) is 5.92 Å². The van der Waals surface area contributed by atoms with E-state index in [4.69, 9.17) is 5.11 Å². The number of allylic oxidation sites excluding steroid dienone is 2. The zero-order valence-electron chi connectivity index (χ0n) is 9.23. The van der Waals surface area contributed by atoms with Crippen LogP contribution in [0.15, 0.2) is 36.4 Å². The maximum absolute atomic E-state index is 10.6. The summed E-state index contributed by atoms with van der Waals surface area (Å²) in [4.78, 5) is 10.6. The maximum Gasteiger partial charge on any atom is 0.303 e. The fraction of sp³-hybridized carbons (Fsp3) is 0.357. The summed E-state index contributed by atoms with van der Waals surface area (Å²) in [6.07, 6.45) is 5.40. The highest BCUT2D eigenvalue weighted by molar-refractivity contribution is 5.69. The molecule has 0 bridgehead atoms. The van der Waals surface area contributed by atoms with E-state index in [2.05, 4.69) is 18.2 Å². The third-order valence-electron chi connectivity index (χ3n) is 3.13. The van der Waals surface area contributed by atoms with Crippen LogP contribution in [0.25, 0.3) is 5.57 Å². The number of aliphatic carboxylic acids is 1. The highest BCUT2D eigenvalue weighted by atomic mass is 16.4. The lowest BCUT2D eigenvalue weighted by Crippen LogP contribution is -2.10. The van der Waals surface area contributed by atoms with Gasteiger partial charge in [0.25, 0.3) is 0 Å². The minimum absolute atomic E-state index is 0.304. The van der Waals surface area contributed by atoms with Crippen LogP contribution in [0.5, 0.6) is 0 Å². The smallest absolute Gasteiger partial charge is 0.303 e. The van der Waals surface area contributed by atoms with Gasteiger partial charge < -0.3 is 5.11 Å². The van der Waals surface area contributed by atoms with Gasteiger partial charge in [-0.1, -0.05) is 36.4 Å². The SMILES string of the molecule is O=C(O)CC1CC=C(c2ccccc2)CC1. The van der Waals surface area contributed by atoms with Crippen molar-refractivity contribution in [1.82, 2.24) is 0 Å². The molecule has 0 aliphatic heterocycles. The van der Waals surface area contributed by atoms with Gasteiger partial charge in [0.1, 0.15) is 0 Å². The predicted octanol–water partition coefficient (Wildman–Crippen LogP) is 3.34. The number of carbonyl (C=O) groups is 1. The molecule has 2 nitrogen and oxygen atoms in total. The summed E-state index contributed by atoms with van der Waals surface area (Å²) >= 11 is 0. The Labute approximate surface area is 95.6 Å². The summed E-state index contributed by atoms with van der Waals surface area (Å²) in [5.41, 5.74) is 2.64. The van der Waals surface area contributed by atoms with Gasteiger partial charge >= 0.3 is 5.97 Å². The van der Waals surface area contributed by atoms with Crippen molar-refractivity contribution < 1.29 is 9.90 Å². The first-order valence-corrected chi connectivity index (χ1v) is 5.72. The van der Waals surface area contributed by atoms with Crippen LogP contribution < -0.4 is 0 Å². The molecule has 2 rings (SSSR count). The second-order valence-electron chi connectivity index (χ2n) is 4.33. The van der Waals surface area contributed by atoms with Crippen molar-refractivity contribution >= 4 is 11.5 Å². The molecule has 0 heterocycles. The first-order chi connectivity index (χ1) is 7.75. The lowest BCUT2D eigenvalue weighted by molar-refractivity contribution is -0.138. The topological polar surface area (TPSA) is 37.3 Å². The van der Waals surface area contributed by atoms with Crippen LogP contribution in [0.1, 0.15) is 31.2 Å². The molecule has 16 heavy (non-hydrogen) atoms. The molecule has 1 aliphatic rings. The average molecular weight is 216 g/mol. The van der Waals surface area contributed by atoms with Crippen molar-refractivity contribution in [1.29, 1.82) is 0 Å². The zero-order valence-corrected chi connectivity index (χ0v) is 9.23. The second-order valence-corrected chi connectivity index (χ2v) is 4.33. The lowest BCUT2D eigenvalue weighted by atomic mass is 9.85. The van der Waals surface area contributed by atoms with Gasteiger partial charge in [-0.3, -0.25) is 4.79 Å². The minimum atomic E-state index is -0.679. The molecule has 0 saturated heterocycles. The highest BCUT2D eigenvalue weighted by Gasteiger charge is 2.17. The fourth-order valence-electron chi connectivity index (χ4n) is 2.24. The first-order valence-electron chi connectivity index (χ1n) is 5.72. The first kappa shape index (κ1) is 10.9. The van der Waals surface area contributed by atoms with Gasteiger partial charge in [-0.25, -0.2) is 0 Å². The van der Waals surface area contributed by atoms with Gasteiger partial charge in [0, 0.05) is 6.42 Å². The van der Waals surface area contributed by atoms with E-state index >= 15 is 0 Å². The number of rotatable bonds is 3. The molecular formula is C14H16O2.